The van der Waals surface area contributed by atoms with Crippen LogP contribution in [0.2, 0.25) is 5.02 Å². The highest BCUT2D eigenvalue weighted by atomic mass is 35.5. The Morgan fingerprint density at radius 2 is 1.96 bits per heavy atom. The maximum Gasteiger partial charge on any atom is 0.247 e. The first-order valence-electron chi connectivity index (χ1n) is 7.95. The molecule has 0 unspecified atom stereocenters. The van der Waals surface area contributed by atoms with Gasteiger partial charge in [0.25, 0.3) is 0 Å². The molecule has 1 atom stereocenters. The van der Waals surface area contributed by atoms with E-state index in [9.17, 15) is 13.2 Å². The minimum absolute atomic E-state index is 0.254. The maximum atomic E-state index is 12.7. The third-order valence-electron chi connectivity index (χ3n) is 3.82. The molecule has 9 heteroatoms. The molecule has 146 valence electrons. The Bertz CT molecular complexity index is 935. The number of ether oxygens (including phenoxy) is 1. The number of nitrogens with zero attached hydrogens (tertiary/aromatic N) is 1. The van der Waals surface area contributed by atoms with Gasteiger partial charge in [-0.3, -0.25) is 9.10 Å². The molecule has 1 amide bonds. The lowest BCUT2D eigenvalue weighted by molar-refractivity contribution is -0.116. The summed E-state index contributed by atoms with van der Waals surface area (Å²) in [5, 5.41) is 3.01. The molecule has 0 bridgehead atoms. The summed E-state index contributed by atoms with van der Waals surface area (Å²) in [6.07, 6.45) is 2.98. The molecule has 0 spiro atoms. The van der Waals surface area contributed by atoms with Crippen molar-refractivity contribution < 1.29 is 17.9 Å². The number of methoxy groups -OCH3 is 1. The summed E-state index contributed by atoms with van der Waals surface area (Å²) >= 11 is 7.67. The van der Waals surface area contributed by atoms with Crippen molar-refractivity contribution in [1.82, 2.24) is 0 Å². The van der Waals surface area contributed by atoms with Gasteiger partial charge < -0.3 is 10.1 Å². The number of benzene rings is 2. The number of nitrogens with one attached hydrogen (secondary N) is 1. The average molecular weight is 429 g/mol. The van der Waals surface area contributed by atoms with Gasteiger partial charge in [0.2, 0.25) is 15.9 Å². The molecular weight excluding hydrogens is 408 g/mol. The second-order valence-electron chi connectivity index (χ2n) is 5.77. The molecule has 0 saturated heterocycles. The van der Waals surface area contributed by atoms with Gasteiger partial charge in [-0.15, -0.1) is 11.8 Å². The monoisotopic (exact) mass is 428 g/mol. The van der Waals surface area contributed by atoms with Gasteiger partial charge in [-0.05, 0) is 49.6 Å². The molecule has 27 heavy (non-hydrogen) atoms. The number of rotatable bonds is 7. The lowest BCUT2D eigenvalue weighted by Gasteiger charge is -2.28. The van der Waals surface area contributed by atoms with Crippen LogP contribution in [-0.2, 0) is 14.8 Å². The minimum Gasteiger partial charge on any atom is -0.495 e. The molecule has 0 aromatic heterocycles. The van der Waals surface area contributed by atoms with Crippen molar-refractivity contribution in [3.8, 4) is 5.75 Å². The third kappa shape index (κ3) is 5.31. The summed E-state index contributed by atoms with van der Waals surface area (Å²) in [5.41, 5.74) is 0.878. The van der Waals surface area contributed by atoms with E-state index in [1.807, 2.05) is 24.5 Å². The van der Waals surface area contributed by atoms with Crippen LogP contribution in [0.4, 0.5) is 11.4 Å². The minimum atomic E-state index is -3.73. The van der Waals surface area contributed by atoms with E-state index in [1.54, 1.807) is 30.0 Å². The predicted molar refractivity (Wildman–Crippen MR) is 112 cm³/mol. The van der Waals surface area contributed by atoms with Crippen LogP contribution in [0.1, 0.15) is 6.92 Å². The van der Waals surface area contributed by atoms with Crippen LogP contribution in [0.3, 0.4) is 0 Å². The van der Waals surface area contributed by atoms with Gasteiger partial charge in [0.05, 0.1) is 24.1 Å². The second-order valence-corrected chi connectivity index (χ2v) is 8.92. The first-order valence-corrected chi connectivity index (χ1v) is 11.4. The molecule has 0 aliphatic carbocycles. The van der Waals surface area contributed by atoms with Crippen molar-refractivity contribution in [3.05, 3.63) is 47.5 Å². The molecule has 0 aliphatic heterocycles. The zero-order valence-electron chi connectivity index (χ0n) is 15.4. The van der Waals surface area contributed by atoms with Gasteiger partial charge in [-0.2, -0.15) is 0 Å². The molecular formula is C18H21ClN2O4S2. The number of halogens is 1. The number of carbonyl (C=O) groups is 1. The Kier molecular flexibility index (Phi) is 7.02. The maximum absolute atomic E-state index is 12.7. The van der Waals surface area contributed by atoms with Crippen molar-refractivity contribution >= 4 is 50.7 Å². The Morgan fingerprint density at radius 1 is 1.26 bits per heavy atom. The van der Waals surface area contributed by atoms with Crippen LogP contribution in [0.15, 0.2) is 47.4 Å². The van der Waals surface area contributed by atoms with Crippen LogP contribution < -0.4 is 14.4 Å². The van der Waals surface area contributed by atoms with Crippen molar-refractivity contribution in [3.63, 3.8) is 0 Å². The number of carbonyl (C=O) groups excluding carboxylic acids is 1. The van der Waals surface area contributed by atoms with E-state index in [0.29, 0.717) is 11.4 Å². The largest absolute Gasteiger partial charge is 0.495 e. The highest BCUT2D eigenvalue weighted by Gasteiger charge is 2.29. The fourth-order valence-corrected chi connectivity index (χ4v) is 4.43. The summed E-state index contributed by atoms with van der Waals surface area (Å²) in [5.74, 6) is -0.0366. The quantitative estimate of drug-likeness (QED) is 0.677. The summed E-state index contributed by atoms with van der Waals surface area (Å²) < 4.78 is 30.9. The number of thioether (sulfide) groups is 1. The molecule has 1 N–H and O–H groups in total. The molecule has 6 nitrogen and oxygen atoms in total. The normalized spacial score (nSPS) is 12.3. The van der Waals surface area contributed by atoms with Gasteiger partial charge in [-0.25, -0.2) is 8.42 Å². The van der Waals surface area contributed by atoms with Crippen molar-refractivity contribution in [2.24, 2.45) is 0 Å². The van der Waals surface area contributed by atoms with Crippen molar-refractivity contribution in [1.29, 1.82) is 0 Å². The number of amides is 1. The van der Waals surface area contributed by atoms with Gasteiger partial charge in [-0.1, -0.05) is 17.7 Å². The summed E-state index contributed by atoms with van der Waals surface area (Å²) in [7, 11) is -2.27. The van der Waals surface area contributed by atoms with E-state index in [-0.39, 0.29) is 10.7 Å². The molecule has 0 aliphatic rings. The molecule has 0 saturated carbocycles. The number of sulfonamides is 1. The molecule has 2 aromatic carbocycles. The Balaban J connectivity index is 2.33. The third-order valence-corrected chi connectivity index (χ3v) is 6.08. The summed E-state index contributed by atoms with van der Waals surface area (Å²) in [6, 6.07) is 10.9. The smallest absolute Gasteiger partial charge is 0.247 e. The first-order chi connectivity index (χ1) is 12.7. The molecule has 0 radical (unpaired) electrons. The first kappa shape index (κ1) is 21.4. The Morgan fingerprint density at radius 3 is 2.52 bits per heavy atom. The lowest BCUT2D eigenvalue weighted by Crippen LogP contribution is -2.45. The molecule has 2 aromatic rings. The van der Waals surface area contributed by atoms with Gasteiger partial charge >= 0.3 is 0 Å². The van der Waals surface area contributed by atoms with Crippen LogP contribution in [-0.4, -0.2) is 40.0 Å². The topological polar surface area (TPSA) is 75.7 Å². The molecule has 2 rings (SSSR count). The standard InChI is InChI=1S/C18H21ClN2O4S2/c1-12(18(22)20-13-6-5-7-15(10-13)26-3)21(27(4,23)24)14-8-9-17(25-2)16(19)11-14/h5-12H,1-4H3,(H,20,22)/t12-/m0/s1. The van der Waals surface area contributed by atoms with Gasteiger partial charge in [0, 0.05) is 10.6 Å². The molecule has 0 heterocycles. The van der Waals surface area contributed by atoms with Crippen LogP contribution in [0, 0.1) is 0 Å². The Hall–Kier alpha value is -1.90. The number of hydrogen-bond acceptors (Lipinski definition) is 5. The summed E-state index contributed by atoms with van der Waals surface area (Å²) in [6.45, 7) is 1.52. The van der Waals surface area contributed by atoms with Crippen molar-refractivity contribution in [2.45, 2.75) is 17.9 Å². The zero-order valence-corrected chi connectivity index (χ0v) is 17.8. The van der Waals surface area contributed by atoms with E-state index in [0.717, 1.165) is 15.5 Å². The highest BCUT2D eigenvalue weighted by Crippen LogP contribution is 2.31. The second kappa shape index (κ2) is 8.86. The highest BCUT2D eigenvalue weighted by molar-refractivity contribution is 7.98. The van der Waals surface area contributed by atoms with Crippen LogP contribution >= 0.6 is 23.4 Å². The van der Waals surface area contributed by atoms with Gasteiger partial charge in [0.1, 0.15) is 11.8 Å². The fourth-order valence-electron chi connectivity index (χ4n) is 2.55. The predicted octanol–water partition coefficient (Wildman–Crippen LogP) is 3.86. The van der Waals surface area contributed by atoms with E-state index < -0.39 is 22.0 Å². The van der Waals surface area contributed by atoms with E-state index >= 15 is 0 Å². The van der Waals surface area contributed by atoms with Crippen molar-refractivity contribution in [2.75, 3.05) is 29.2 Å². The number of hydrogen-bond donors (Lipinski definition) is 1. The SMILES string of the molecule is COc1ccc(N([C@@H](C)C(=O)Nc2cccc(SC)c2)S(C)(=O)=O)cc1Cl. The lowest BCUT2D eigenvalue weighted by atomic mass is 10.2. The average Bonchev–Trinajstić information content (AvgIpc) is 2.61. The number of anilines is 2. The van der Waals surface area contributed by atoms with E-state index in [2.05, 4.69) is 5.32 Å². The van der Waals surface area contributed by atoms with E-state index in [1.165, 1.54) is 20.1 Å². The van der Waals surface area contributed by atoms with Gasteiger partial charge in [0.15, 0.2) is 0 Å². The van der Waals surface area contributed by atoms with Crippen LogP contribution in [0.25, 0.3) is 0 Å². The van der Waals surface area contributed by atoms with E-state index in [4.69, 9.17) is 16.3 Å². The fraction of sp³-hybridized carbons (Fsp3) is 0.278. The Labute approximate surface area is 168 Å². The summed E-state index contributed by atoms with van der Waals surface area (Å²) in [4.78, 5) is 13.7. The van der Waals surface area contributed by atoms with Crippen LogP contribution in [0.5, 0.6) is 5.75 Å². The molecule has 0 fully saturated rings. The zero-order chi connectivity index (χ0) is 20.2.